The summed E-state index contributed by atoms with van der Waals surface area (Å²) in [6.07, 6.45) is 2.96. The van der Waals surface area contributed by atoms with Gasteiger partial charge in [-0.2, -0.15) is 0 Å². The highest BCUT2D eigenvalue weighted by molar-refractivity contribution is 5.44. The van der Waals surface area contributed by atoms with Crippen molar-refractivity contribution in [2.75, 3.05) is 6.54 Å². The molecule has 0 saturated heterocycles. The van der Waals surface area contributed by atoms with Crippen molar-refractivity contribution in [3.8, 4) is 0 Å². The lowest BCUT2D eigenvalue weighted by Gasteiger charge is -1.98. The highest BCUT2D eigenvalue weighted by Crippen LogP contribution is 2.12. The maximum Gasteiger partial charge on any atom is 0.137 e. The summed E-state index contributed by atoms with van der Waals surface area (Å²) in [4.78, 5) is 4.53. The first kappa shape index (κ1) is 9.21. The van der Waals surface area contributed by atoms with Crippen LogP contribution in [0.3, 0.4) is 0 Å². The number of aromatic nitrogens is 2. The molecular weight excluding hydrogens is 174 g/mol. The van der Waals surface area contributed by atoms with Gasteiger partial charge in [-0.05, 0) is 32.0 Å². The van der Waals surface area contributed by atoms with Crippen LogP contribution in [0, 0.1) is 13.8 Å². The standard InChI is InChI=1S/C11H15N3/c1-8-3-4-11-13-10(5-6-12)9(2)14(11)7-8/h3-4,7H,5-6,12H2,1-2H3. The summed E-state index contributed by atoms with van der Waals surface area (Å²) >= 11 is 0. The molecule has 0 aliphatic carbocycles. The molecule has 14 heavy (non-hydrogen) atoms. The Bertz CT molecular complexity index is 457. The van der Waals surface area contributed by atoms with E-state index in [1.54, 1.807) is 0 Å². The Morgan fingerprint density at radius 1 is 1.36 bits per heavy atom. The van der Waals surface area contributed by atoms with E-state index in [9.17, 15) is 0 Å². The fraction of sp³-hybridized carbons (Fsp3) is 0.364. The van der Waals surface area contributed by atoms with Crippen LogP contribution in [0.15, 0.2) is 18.3 Å². The van der Waals surface area contributed by atoms with Crippen molar-refractivity contribution in [1.29, 1.82) is 0 Å². The lowest BCUT2D eigenvalue weighted by molar-refractivity contribution is 0.919. The van der Waals surface area contributed by atoms with Crippen LogP contribution in [-0.2, 0) is 6.42 Å². The van der Waals surface area contributed by atoms with Gasteiger partial charge in [-0.3, -0.25) is 0 Å². The molecule has 0 aliphatic rings. The summed E-state index contributed by atoms with van der Waals surface area (Å²) in [5.74, 6) is 0. The number of hydrogen-bond donors (Lipinski definition) is 1. The van der Waals surface area contributed by atoms with Crippen LogP contribution in [0.4, 0.5) is 0 Å². The smallest absolute Gasteiger partial charge is 0.137 e. The maximum atomic E-state index is 5.53. The molecule has 2 rings (SSSR count). The molecule has 2 aromatic rings. The lowest BCUT2D eigenvalue weighted by Crippen LogP contribution is -2.04. The largest absolute Gasteiger partial charge is 0.330 e. The van der Waals surface area contributed by atoms with Crippen LogP contribution in [0.2, 0.25) is 0 Å². The monoisotopic (exact) mass is 189 g/mol. The molecular formula is C11H15N3. The first-order valence-electron chi connectivity index (χ1n) is 4.86. The van der Waals surface area contributed by atoms with Crippen molar-refractivity contribution in [2.45, 2.75) is 20.3 Å². The summed E-state index contributed by atoms with van der Waals surface area (Å²) in [5.41, 5.74) is 10.1. The Labute approximate surface area is 83.6 Å². The minimum atomic E-state index is 0.656. The van der Waals surface area contributed by atoms with Crippen LogP contribution in [0.5, 0.6) is 0 Å². The number of nitrogens with two attached hydrogens (primary N) is 1. The Morgan fingerprint density at radius 2 is 2.14 bits per heavy atom. The van der Waals surface area contributed by atoms with Gasteiger partial charge in [-0.1, -0.05) is 6.07 Å². The van der Waals surface area contributed by atoms with Gasteiger partial charge in [0, 0.05) is 18.3 Å². The highest BCUT2D eigenvalue weighted by atomic mass is 15.0. The van der Waals surface area contributed by atoms with E-state index in [1.165, 1.54) is 11.3 Å². The summed E-state index contributed by atoms with van der Waals surface area (Å²) in [6.45, 7) is 4.83. The molecule has 0 unspecified atom stereocenters. The maximum absolute atomic E-state index is 5.53. The van der Waals surface area contributed by atoms with E-state index >= 15 is 0 Å². The molecule has 0 fully saturated rings. The van der Waals surface area contributed by atoms with Crippen molar-refractivity contribution < 1.29 is 0 Å². The number of rotatable bonds is 2. The highest BCUT2D eigenvalue weighted by Gasteiger charge is 2.06. The Kier molecular flexibility index (Phi) is 2.25. The molecule has 0 spiro atoms. The molecule has 0 saturated carbocycles. The van der Waals surface area contributed by atoms with E-state index in [0.29, 0.717) is 6.54 Å². The van der Waals surface area contributed by atoms with Crippen LogP contribution < -0.4 is 5.73 Å². The second-order valence-electron chi connectivity index (χ2n) is 3.62. The van der Waals surface area contributed by atoms with Gasteiger partial charge in [0.1, 0.15) is 5.65 Å². The van der Waals surface area contributed by atoms with Gasteiger partial charge in [0.15, 0.2) is 0 Å². The van der Waals surface area contributed by atoms with E-state index in [-0.39, 0.29) is 0 Å². The minimum absolute atomic E-state index is 0.656. The molecule has 74 valence electrons. The van der Waals surface area contributed by atoms with Gasteiger partial charge in [0.25, 0.3) is 0 Å². The van der Waals surface area contributed by atoms with Crippen molar-refractivity contribution >= 4 is 5.65 Å². The first-order valence-corrected chi connectivity index (χ1v) is 4.86. The average Bonchev–Trinajstić information content (AvgIpc) is 2.46. The molecule has 0 amide bonds. The first-order chi connectivity index (χ1) is 6.72. The summed E-state index contributed by atoms with van der Waals surface area (Å²) in [5, 5.41) is 0. The summed E-state index contributed by atoms with van der Waals surface area (Å²) < 4.78 is 2.13. The van der Waals surface area contributed by atoms with Crippen molar-refractivity contribution in [1.82, 2.24) is 9.38 Å². The van der Waals surface area contributed by atoms with E-state index in [0.717, 1.165) is 17.8 Å². The van der Waals surface area contributed by atoms with Crippen LogP contribution >= 0.6 is 0 Å². The van der Waals surface area contributed by atoms with Crippen LogP contribution in [0.25, 0.3) is 5.65 Å². The number of aryl methyl sites for hydroxylation is 2. The third-order valence-electron chi connectivity index (χ3n) is 2.48. The second-order valence-corrected chi connectivity index (χ2v) is 3.62. The molecule has 0 aromatic carbocycles. The molecule has 2 heterocycles. The third kappa shape index (κ3) is 1.40. The average molecular weight is 189 g/mol. The summed E-state index contributed by atoms with van der Waals surface area (Å²) in [6, 6.07) is 4.12. The van der Waals surface area contributed by atoms with Gasteiger partial charge >= 0.3 is 0 Å². The predicted octanol–water partition coefficient (Wildman–Crippen LogP) is 1.45. The molecule has 0 atom stereocenters. The topological polar surface area (TPSA) is 43.3 Å². The third-order valence-corrected chi connectivity index (χ3v) is 2.48. The van der Waals surface area contributed by atoms with Crippen LogP contribution in [0.1, 0.15) is 17.0 Å². The van der Waals surface area contributed by atoms with Gasteiger partial charge < -0.3 is 10.1 Å². The van der Waals surface area contributed by atoms with E-state index < -0.39 is 0 Å². The Balaban J connectivity index is 2.62. The number of hydrogen-bond acceptors (Lipinski definition) is 2. The molecule has 0 aliphatic heterocycles. The fourth-order valence-electron chi connectivity index (χ4n) is 1.69. The second kappa shape index (κ2) is 3.42. The number of nitrogens with zero attached hydrogens (tertiary/aromatic N) is 2. The van der Waals surface area contributed by atoms with Gasteiger partial charge in [-0.15, -0.1) is 0 Å². The Morgan fingerprint density at radius 3 is 2.86 bits per heavy atom. The number of pyridine rings is 1. The minimum Gasteiger partial charge on any atom is -0.330 e. The zero-order valence-corrected chi connectivity index (χ0v) is 8.62. The quantitative estimate of drug-likeness (QED) is 0.777. The van der Waals surface area contributed by atoms with E-state index in [2.05, 4.69) is 35.5 Å². The molecule has 2 N–H and O–H groups in total. The van der Waals surface area contributed by atoms with E-state index in [1.807, 2.05) is 6.07 Å². The fourth-order valence-corrected chi connectivity index (χ4v) is 1.69. The molecule has 0 radical (unpaired) electrons. The predicted molar refractivity (Wildman–Crippen MR) is 57.4 cm³/mol. The van der Waals surface area contributed by atoms with Gasteiger partial charge in [-0.25, -0.2) is 4.98 Å². The number of imidazole rings is 1. The molecule has 2 aromatic heterocycles. The van der Waals surface area contributed by atoms with Gasteiger partial charge in [0.2, 0.25) is 0 Å². The zero-order chi connectivity index (χ0) is 10.1. The SMILES string of the molecule is Cc1ccc2nc(CCN)c(C)n2c1. The van der Waals surface area contributed by atoms with Crippen molar-refractivity contribution in [3.05, 3.63) is 35.3 Å². The summed E-state index contributed by atoms with van der Waals surface area (Å²) in [7, 11) is 0. The lowest BCUT2D eigenvalue weighted by atomic mass is 10.2. The zero-order valence-electron chi connectivity index (χ0n) is 8.62. The van der Waals surface area contributed by atoms with Crippen molar-refractivity contribution in [3.63, 3.8) is 0 Å². The Hall–Kier alpha value is -1.35. The van der Waals surface area contributed by atoms with Gasteiger partial charge in [0.05, 0.1) is 5.69 Å². The molecule has 3 nitrogen and oxygen atoms in total. The molecule has 3 heteroatoms. The van der Waals surface area contributed by atoms with Crippen LogP contribution in [-0.4, -0.2) is 15.9 Å². The number of fused-ring (bicyclic) bond motifs is 1. The normalized spacial score (nSPS) is 11.1. The molecule has 0 bridgehead atoms. The van der Waals surface area contributed by atoms with Crippen molar-refractivity contribution in [2.24, 2.45) is 5.73 Å². The van der Waals surface area contributed by atoms with E-state index in [4.69, 9.17) is 5.73 Å².